The summed E-state index contributed by atoms with van der Waals surface area (Å²) in [5.41, 5.74) is 1.10. The number of ether oxygens (including phenoxy) is 3. The first-order valence-corrected chi connectivity index (χ1v) is 9.90. The predicted molar refractivity (Wildman–Crippen MR) is 103 cm³/mol. The number of benzene rings is 1. The van der Waals surface area contributed by atoms with E-state index >= 15 is 0 Å². The van der Waals surface area contributed by atoms with Crippen LogP contribution in [0.15, 0.2) is 60.3 Å². The van der Waals surface area contributed by atoms with Gasteiger partial charge in [0.2, 0.25) is 5.88 Å². The third-order valence-corrected chi connectivity index (χ3v) is 6.10. The predicted octanol–water partition coefficient (Wildman–Crippen LogP) is 4.43. The molecular formula is C23H23NO4. The Morgan fingerprint density at radius 3 is 2.82 bits per heavy atom. The van der Waals surface area contributed by atoms with Crippen LogP contribution < -0.4 is 4.74 Å². The molecule has 0 N–H and O–H groups in total. The molecule has 0 amide bonds. The fourth-order valence-electron chi connectivity index (χ4n) is 4.89. The lowest BCUT2D eigenvalue weighted by Gasteiger charge is -2.38. The van der Waals surface area contributed by atoms with Crippen molar-refractivity contribution < 1.29 is 19.0 Å². The molecule has 1 saturated heterocycles. The van der Waals surface area contributed by atoms with Gasteiger partial charge in [-0.3, -0.25) is 0 Å². The molecule has 1 aromatic carbocycles. The van der Waals surface area contributed by atoms with Crippen LogP contribution in [0.2, 0.25) is 0 Å². The normalized spacial score (nSPS) is 30.5. The summed E-state index contributed by atoms with van der Waals surface area (Å²) < 4.78 is 17.8. The van der Waals surface area contributed by atoms with E-state index < -0.39 is 5.60 Å². The highest BCUT2D eigenvalue weighted by Crippen LogP contribution is 2.55. The van der Waals surface area contributed by atoms with Crippen LogP contribution in [0.3, 0.4) is 0 Å². The zero-order chi connectivity index (χ0) is 19.1. The Morgan fingerprint density at radius 1 is 1.18 bits per heavy atom. The highest BCUT2D eigenvalue weighted by Gasteiger charge is 2.63. The van der Waals surface area contributed by atoms with Crippen molar-refractivity contribution in [2.45, 2.75) is 44.5 Å². The van der Waals surface area contributed by atoms with Crippen molar-refractivity contribution in [3.63, 3.8) is 0 Å². The minimum atomic E-state index is -0.581. The fraction of sp³-hybridized carbons (Fsp3) is 0.391. The van der Waals surface area contributed by atoms with Crippen LogP contribution in [0.5, 0.6) is 11.6 Å². The number of carbonyl (C=O) groups is 1. The zero-order valence-electron chi connectivity index (χ0n) is 15.8. The van der Waals surface area contributed by atoms with Crippen molar-refractivity contribution in [2.75, 3.05) is 0 Å². The number of para-hydroxylation sites is 1. The van der Waals surface area contributed by atoms with Crippen molar-refractivity contribution in [2.24, 2.45) is 11.8 Å². The van der Waals surface area contributed by atoms with E-state index in [1.165, 1.54) is 0 Å². The van der Waals surface area contributed by atoms with Crippen LogP contribution in [0, 0.1) is 11.8 Å². The zero-order valence-corrected chi connectivity index (χ0v) is 15.8. The Bertz CT molecular complexity index is 908. The third-order valence-electron chi connectivity index (χ3n) is 6.10. The summed E-state index contributed by atoms with van der Waals surface area (Å²) in [6, 6.07) is 13.4. The van der Waals surface area contributed by atoms with Gasteiger partial charge < -0.3 is 14.2 Å². The monoisotopic (exact) mass is 377 g/mol. The second kappa shape index (κ2) is 6.74. The molecule has 5 rings (SSSR count). The van der Waals surface area contributed by atoms with Gasteiger partial charge in [0.25, 0.3) is 0 Å². The van der Waals surface area contributed by atoms with E-state index in [1.807, 2.05) is 42.5 Å². The van der Waals surface area contributed by atoms with E-state index in [-0.39, 0.29) is 12.1 Å². The maximum atomic E-state index is 12.4. The molecule has 3 aliphatic rings. The lowest BCUT2D eigenvalue weighted by molar-refractivity contribution is -0.142. The number of rotatable bonds is 5. The van der Waals surface area contributed by atoms with E-state index in [2.05, 4.69) is 18.0 Å². The van der Waals surface area contributed by atoms with E-state index in [0.29, 0.717) is 24.3 Å². The highest BCUT2D eigenvalue weighted by molar-refractivity contribution is 5.94. The summed E-state index contributed by atoms with van der Waals surface area (Å²) in [7, 11) is 0. The summed E-state index contributed by atoms with van der Waals surface area (Å²) in [6.45, 7) is 2.55. The molecule has 0 bridgehead atoms. The molecule has 2 fully saturated rings. The fourth-order valence-corrected chi connectivity index (χ4v) is 4.89. The number of carbonyl (C=O) groups excluding carboxylic acids is 1. The number of nitrogens with zero attached hydrogens (tertiary/aromatic N) is 1. The molecule has 0 radical (unpaired) electrons. The minimum absolute atomic E-state index is 0.155. The van der Waals surface area contributed by atoms with Crippen LogP contribution in [-0.4, -0.2) is 22.7 Å². The standard InChI is InChI=1S/C23H23NO4/c1-15-11-17-8-9-20-23(17,19(12-15)22(25)28-20)26-14-16-7-10-21(24-13-16)27-18-5-3-2-4-6-18/h2-7,10,12-13,15,17,20H,8-9,11,14H2,1H3/t15-,17+,20+,23-/m1/s1. The first-order valence-electron chi connectivity index (χ1n) is 9.90. The van der Waals surface area contributed by atoms with Gasteiger partial charge in [0.1, 0.15) is 17.5 Å². The summed E-state index contributed by atoms with van der Waals surface area (Å²) in [4.78, 5) is 16.8. The number of pyridine rings is 1. The maximum Gasteiger partial charge on any atom is 0.337 e. The van der Waals surface area contributed by atoms with Gasteiger partial charge in [0, 0.05) is 12.3 Å². The van der Waals surface area contributed by atoms with Gasteiger partial charge in [-0.1, -0.05) is 31.2 Å². The topological polar surface area (TPSA) is 57.7 Å². The Labute approximate surface area is 164 Å². The van der Waals surface area contributed by atoms with Crippen LogP contribution >= 0.6 is 0 Å². The van der Waals surface area contributed by atoms with E-state index in [1.54, 1.807) is 6.20 Å². The van der Waals surface area contributed by atoms with Crippen LogP contribution in [0.25, 0.3) is 0 Å². The van der Waals surface area contributed by atoms with Crippen LogP contribution in [-0.2, 0) is 20.9 Å². The quantitative estimate of drug-likeness (QED) is 0.722. The van der Waals surface area contributed by atoms with Crippen molar-refractivity contribution >= 4 is 5.97 Å². The first kappa shape index (κ1) is 17.4. The van der Waals surface area contributed by atoms with Crippen molar-refractivity contribution in [1.29, 1.82) is 0 Å². The maximum absolute atomic E-state index is 12.4. The largest absolute Gasteiger partial charge is 0.455 e. The van der Waals surface area contributed by atoms with Crippen molar-refractivity contribution in [3.05, 3.63) is 65.9 Å². The summed E-state index contributed by atoms with van der Waals surface area (Å²) in [5.74, 6) is 1.82. The molecular weight excluding hydrogens is 354 g/mol. The second-order valence-corrected chi connectivity index (χ2v) is 7.96. The average Bonchev–Trinajstić information content (AvgIpc) is 3.19. The molecule has 2 aromatic rings. The van der Waals surface area contributed by atoms with E-state index in [4.69, 9.17) is 14.2 Å². The number of hydrogen-bond acceptors (Lipinski definition) is 5. The minimum Gasteiger partial charge on any atom is -0.455 e. The lowest BCUT2D eigenvalue weighted by Crippen LogP contribution is -2.46. The number of allylic oxidation sites excluding steroid dienone is 1. The molecule has 0 spiro atoms. The summed E-state index contributed by atoms with van der Waals surface area (Å²) in [6.07, 6.45) is 6.63. The van der Waals surface area contributed by atoms with Gasteiger partial charge in [0.05, 0.1) is 12.2 Å². The van der Waals surface area contributed by atoms with Gasteiger partial charge in [-0.25, -0.2) is 9.78 Å². The van der Waals surface area contributed by atoms with E-state index in [9.17, 15) is 4.79 Å². The van der Waals surface area contributed by atoms with Crippen LogP contribution in [0.4, 0.5) is 0 Å². The highest BCUT2D eigenvalue weighted by atomic mass is 16.6. The molecule has 0 unspecified atom stereocenters. The Kier molecular flexibility index (Phi) is 4.20. The van der Waals surface area contributed by atoms with Gasteiger partial charge in [-0.05, 0) is 54.9 Å². The number of hydrogen-bond donors (Lipinski definition) is 0. The molecule has 1 saturated carbocycles. The molecule has 2 aliphatic carbocycles. The van der Waals surface area contributed by atoms with Gasteiger partial charge in [-0.15, -0.1) is 0 Å². The summed E-state index contributed by atoms with van der Waals surface area (Å²) >= 11 is 0. The van der Waals surface area contributed by atoms with E-state index in [0.717, 1.165) is 36.1 Å². The summed E-state index contributed by atoms with van der Waals surface area (Å²) in [5, 5.41) is 0. The first-order chi connectivity index (χ1) is 13.6. The van der Waals surface area contributed by atoms with Gasteiger partial charge >= 0.3 is 5.97 Å². The molecule has 2 heterocycles. The molecule has 1 aliphatic heterocycles. The van der Waals surface area contributed by atoms with Crippen molar-refractivity contribution in [1.82, 2.24) is 4.98 Å². The second-order valence-electron chi connectivity index (χ2n) is 7.96. The van der Waals surface area contributed by atoms with Crippen molar-refractivity contribution in [3.8, 4) is 11.6 Å². The third kappa shape index (κ3) is 2.81. The SMILES string of the molecule is C[C@H]1C=C2C(=O)O[C@H]3CC[C@@H](C1)[C@@]23OCc1ccc(Oc2ccccc2)nc1. The number of aromatic nitrogens is 1. The van der Waals surface area contributed by atoms with Gasteiger partial charge in [-0.2, -0.15) is 0 Å². The Balaban J connectivity index is 1.32. The Hall–Kier alpha value is -2.66. The molecule has 4 atom stereocenters. The lowest BCUT2D eigenvalue weighted by atomic mass is 9.73. The molecule has 28 heavy (non-hydrogen) atoms. The number of esters is 1. The molecule has 5 heteroatoms. The smallest absolute Gasteiger partial charge is 0.337 e. The molecule has 1 aromatic heterocycles. The Morgan fingerprint density at radius 2 is 2.04 bits per heavy atom. The van der Waals surface area contributed by atoms with Gasteiger partial charge in [0.15, 0.2) is 0 Å². The molecule has 144 valence electrons. The average molecular weight is 377 g/mol. The van der Waals surface area contributed by atoms with Crippen LogP contribution in [0.1, 0.15) is 31.7 Å². The molecule has 5 nitrogen and oxygen atoms in total.